The number of nitrogens with zero attached hydrogens (tertiary/aromatic N) is 1. The molecule has 0 bridgehead atoms. The number of halogens is 5. The molecule has 0 saturated heterocycles. The van der Waals surface area contributed by atoms with E-state index in [9.17, 15) is 18.0 Å². The average molecular weight is 541 g/mol. The number of anilines is 3. The van der Waals surface area contributed by atoms with Crippen LogP contribution < -0.4 is 15.5 Å². The predicted molar refractivity (Wildman–Crippen MR) is 131 cm³/mol. The Morgan fingerprint density at radius 1 is 1.03 bits per heavy atom. The van der Waals surface area contributed by atoms with Gasteiger partial charge in [-0.2, -0.15) is 13.2 Å². The van der Waals surface area contributed by atoms with E-state index in [1.54, 1.807) is 59.5 Å². The predicted octanol–water partition coefficient (Wildman–Crippen LogP) is 8.01. The minimum atomic E-state index is -4.32. The second-order valence-electron chi connectivity index (χ2n) is 7.52. The molecule has 3 aromatic rings. The SMILES string of the molecule is Cc1ccc(NC(=O)Nc2cc(Br)ccc2N(CCC(F)(F)F)Cc2cccc(Cl)c2)cc1. The number of hydrogen-bond donors (Lipinski definition) is 2. The molecule has 0 saturated carbocycles. The summed E-state index contributed by atoms with van der Waals surface area (Å²) in [6, 6.07) is 18.8. The topological polar surface area (TPSA) is 44.4 Å². The summed E-state index contributed by atoms with van der Waals surface area (Å²) < 4.78 is 39.8. The van der Waals surface area contributed by atoms with Crippen LogP contribution in [0.5, 0.6) is 0 Å². The van der Waals surface area contributed by atoms with Gasteiger partial charge in [0.15, 0.2) is 0 Å². The first kappa shape index (κ1) is 24.9. The van der Waals surface area contributed by atoms with Gasteiger partial charge in [-0.3, -0.25) is 0 Å². The molecule has 0 spiro atoms. The molecule has 0 aromatic heterocycles. The van der Waals surface area contributed by atoms with E-state index >= 15 is 0 Å². The molecule has 0 fully saturated rings. The van der Waals surface area contributed by atoms with E-state index in [2.05, 4.69) is 26.6 Å². The van der Waals surface area contributed by atoms with Crippen molar-refractivity contribution in [3.8, 4) is 0 Å². The minimum Gasteiger partial charge on any atom is -0.365 e. The highest BCUT2D eigenvalue weighted by molar-refractivity contribution is 9.10. The maximum Gasteiger partial charge on any atom is 0.390 e. The number of alkyl halides is 3. The monoisotopic (exact) mass is 539 g/mol. The van der Waals surface area contributed by atoms with Gasteiger partial charge in [-0.1, -0.05) is 57.4 Å². The summed E-state index contributed by atoms with van der Waals surface area (Å²) in [6.45, 7) is 1.84. The number of hydrogen-bond acceptors (Lipinski definition) is 2. The second-order valence-corrected chi connectivity index (χ2v) is 8.88. The first-order chi connectivity index (χ1) is 15.6. The van der Waals surface area contributed by atoms with Gasteiger partial charge in [0.25, 0.3) is 0 Å². The maximum atomic E-state index is 13.0. The van der Waals surface area contributed by atoms with Crippen molar-refractivity contribution in [2.75, 3.05) is 22.1 Å². The van der Waals surface area contributed by atoms with Crippen LogP contribution in [0.15, 0.2) is 71.2 Å². The molecule has 0 aliphatic rings. The van der Waals surface area contributed by atoms with E-state index in [0.29, 0.717) is 26.6 Å². The Bertz CT molecular complexity index is 1110. The molecule has 2 amide bonds. The van der Waals surface area contributed by atoms with Crippen LogP contribution >= 0.6 is 27.5 Å². The molecule has 0 aliphatic heterocycles. The van der Waals surface area contributed by atoms with Crippen molar-refractivity contribution in [1.82, 2.24) is 0 Å². The fourth-order valence-electron chi connectivity index (χ4n) is 3.21. The lowest BCUT2D eigenvalue weighted by molar-refractivity contribution is -0.132. The van der Waals surface area contributed by atoms with Crippen LogP contribution in [0.2, 0.25) is 5.02 Å². The van der Waals surface area contributed by atoms with Crippen LogP contribution in [-0.4, -0.2) is 18.8 Å². The summed E-state index contributed by atoms with van der Waals surface area (Å²) >= 11 is 9.43. The molecule has 33 heavy (non-hydrogen) atoms. The van der Waals surface area contributed by atoms with E-state index < -0.39 is 18.6 Å². The fourth-order valence-corrected chi connectivity index (χ4v) is 3.78. The van der Waals surface area contributed by atoms with E-state index in [0.717, 1.165) is 11.1 Å². The molecule has 0 aliphatic carbocycles. The van der Waals surface area contributed by atoms with Gasteiger partial charge in [0.05, 0.1) is 17.8 Å². The largest absolute Gasteiger partial charge is 0.390 e. The number of amides is 2. The normalized spacial score (nSPS) is 11.2. The van der Waals surface area contributed by atoms with Gasteiger partial charge in [-0.05, 0) is 55.0 Å². The Morgan fingerprint density at radius 2 is 1.76 bits per heavy atom. The van der Waals surface area contributed by atoms with Gasteiger partial charge in [0.2, 0.25) is 0 Å². The summed E-state index contributed by atoms with van der Waals surface area (Å²) in [5, 5.41) is 5.99. The summed E-state index contributed by atoms with van der Waals surface area (Å²) in [5.41, 5.74) is 3.24. The summed E-state index contributed by atoms with van der Waals surface area (Å²) in [6.07, 6.45) is -5.32. The Hall–Kier alpha value is -2.71. The molecule has 3 rings (SSSR count). The summed E-state index contributed by atoms with van der Waals surface area (Å²) in [5.74, 6) is 0. The number of carbonyl (C=O) groups is 1. The van der Waals surface area contributed by atoms with Crippen LogP contribution in [0.4, 0.5) is 35.0 Å². The number of carbonyl (C=O) groups excluding carboxylic acids is 1. The van der Waals surface area contributed by atoms with Crippen LogP contribution in [0.3, 0.4) is 0 Å². The highest BCUT2D eigenvalue weighted by Gasteiger charge is 2.28. The summed E-state index contributed by atoms with van der Waals surface area (Å²) in [7, 11) is 0. The first-order valence-electron chi connectivity index (χ1n) is 10.1. The zero-order valence-corrected chi connectivity index (χ0v) is 20.1. The standard InChI is InChI=1S/C24H22BrClF3N3O/c1-16-5-8-20(9-6-16)30-23(33)31-21-14-18(25)7-10-22(21)32(12-11-24(27,28)29)15-17-3-2-4-19(26)13-17/h2-10,13-14H,11-12,15H2,1H3,(H2,30,31,33). The third-order valence-corrected chi connectivity index (χ3v) is 5.51. The number of nitrogens with one attached hydrogen (secondary N) is 2. The Labute approximate surface area is 203 Å². The lowest BCUT2D eigenvalue weighted by Gasteiger charge is -2.28. The molecule has 0 radical (unpaired) electrons. The third-order valence-electron chi connectivity index (χ3n) is 4.78. The van der Waals surface area contributed by atoms with Crippen molar-refractivity contribution in [2.24, 2.45) is 0 Å². The minimum absolute atomic E-state index is 0.187. The highest BCUT2D eigenvalue weighted by Crippen LogP contribution is 2.32. The maximum absolute atomic E-state index is 13.0. The van der Waals surface area contributed by atoms with Crippen molar-refractivity contribution in [3.63, 3.8) is 0 Å². The van der Waals surface area contributed by atoms with E-state index in [-0.39, 0.29) is 13.1 Å². The fraction of sp³-hybridized carbons (Fsp3) is 0.208. The van der Waals surface area contributed by atoms with Gasteiger partial charge in [-0.25, -0.2) is 4.79 Å². The third kappa shape index (κ3) is 7.98. The van der Waals surface area contributed by atoms with E-state index in [1.165, 1.54) is 0 Å². The van der Waals surface area contributed by atoms with Crippen molar-refractivity contribution in [3.05, 3.63) is 87.4 Å². The second kappa shape index (κ2) is 10.9. The van der Waals surface area contributed by atoms with Crippen molar-refractivity contribution >= 4 is 50.6 Å². The van der Waals surface area contributed by atoms with Gasteiger partial charge in [0.1, 0.15) is 0 Å². The zero-order valence-electron chi connectivity index (χ0n) is 17.7. The van der Waals surface area contributed by atoms with Crippen LogP contribution in [-0.2, 0) is 6.54 Å². The molecule has 174 valence electrons. The van der Waals surface area contributed by atoms with Crippen molar-refractivity contribution in [1.29, 1.82) is 0 Å². The Morgan fingerprint density at radius 3 is 2.42 bits per heavy atom. The molecule has 3 aromatic carbocycles. The molecule has 0 unspecified atom stereocenters. The average Bonchev–Trinajstić information content (AvgIpc) is 2.72. The van der Waals surface area contributed by atoms with Crippen LogP contribution in [0.1, 0.15) is 17.5 Å². The molecule has 0 atom stereocenters. The Balaban J connectivity index is 1.87. The van der Waals surface area contributed by atoms with E-state index in [1.807, 2.05) is 19.1 Å². The molecular weight excluding hydrogens is 519 g/mol. The lowest BCUT2D eigenvalue weighted by atomic mass is 10.1. The van der Waals surface area contributed by atoms with Crippen LogP contribution in [0.25, 0.3) is 0 Å². The number of aryl methyl sites for hydroxylation is 1. The van der Waals surface area contributed by atoms with Gasteiger partial charge in [-0.15, -0.1) is 0 Å². The van der Waals surface area contributed by atoms with Crippen LogP contribution in [0, 0.1) is 6.92 Å². The van der Waals surface area contributed by atoms with E-state index in [4.69, 9.17) is 11.6 Å². The Kier molecular flexibility index (Phi) is 8.26. The smallest absolute Gasteiger partial charge is 0.365 e. The molecule has 4 nitrogen and oxygen atoms in total. The lowest BCUT2D eigenvalue weighted by Crippen LogP contribution is -2.29. The summed E-state index contributed by atoms with van der Waals surface area (Å²) in [4.78, 5) is 14.2. The molecular formula is C24H22BrClF3N3O. The van der Waals surface area contributed by atoms with Gasteiger partial charge >= 0.3 is 12.2 Å². The molecule has 9 heteroatoms. The quantitative estimate of drug-likeness (QED) is 0.319. The highest BCUT2D eigenvalue weighted by atomic mass is 79.9. The molecule has 2 N–H and O–H groups in total. The van der Waals surface area contributed by atoms with Gasteiger partial charge in [0, 0.05) is 28.3 Å². The van der Waals surface area contributed by atoms with Gasteiger partial charge < -0.3 is 15.5 Å². The number of rotatable bonds is 7. The zero-order chi connectivity index (χ0) is 24.0. The number of benzene rings is 3. The first-order valence-corrected chi connectivity index (χ1v) is 11.3. The number of urea groups is 1. The molecule has 0 heterocycles. The van der Waals surface area contributed by atoms with Crippen molar-refractivity contribution < 1.29 is 18.0 Å². The van der Waals surface area contributed by atoms with Crippen molar-refractivity contribution in [2.45, 2.75) is 26.1 Å².